The Kier molecular flexibility index (Phi) is 3.61. The Morgan fingerprint density at radius 3 is 2.74 bits per heavy atom. The Hall–Kier alpha value is -2.63. The topological polar surface area (TPSA) is 91.3 Å². The zero-order chi connectivity index (χ0) is 13.8. The Balaban J connectivity index is 2.18. The summed E-state index contributed by atoms with van der Waals surface area (Å²) in [5.74, 6) is 0.406. The highest BCUT2D eigenvalue weighted by Crippen LogP contribution is 2.29. The van der Waals surface area contributed by atoms with Gasteiger partial charge in [-0.2, -0.15) is 0 Å². The van der Waals surface area contributed by atoms with Crippen LogP contribution in [0.25, 0.3) is 0 Å². The lowest BCUT2D eigenvalue weighted by atomic mass is 10.2. The number of aromatic nitrogens is 1. The van der Waals surface area contributed by atoms with E-state index in [1.165, 1.54) is 18.2 Å². The van der Waals surface area contributed by atoms with Crippen molar-refractivity contribution >= 4 is 11.4 Å². The van der Waals surface area contributed by atoms with Crippen molar-refractivity contribution in [2.24, 2.45) is 0 Å². The lowest BCUT2D eigenvalue weighted by Gasteiger charge is -2.15. The molecule has 0 aliphatic rings. The zero-order valence-corrected chi connectivity index (χ0v) is 10.3. The second kappa shape index (κ2) is 5.34. The number of nitrogens with two attached hydrogens (primary N) is 1. The molecule has 0 saturated carbocycles. The van der Waals surface area contributed by atoms with E-state index in [-0.39, 0.29) is 17.5 Å². The number of ether oxygens (including phenoxy) is 1. The van der Waals surface area contributed by atoms with Crippen LogP contribution >= 0.6 is 0 Å². The molecule has 0 aliphatic heterocycles. The molecule has 2 aromatic rings. The molecule has 0 aliphatic carbocycles. The molecule has 2 rings (SSSR count). The third-order valence-electron chi connectivity index (χ3n) is 2.61. The SMILES string of the molecule is CC(Oc1ccc([N+](=O)[O-])cc1N)c1ccccn1. The Morgan fingerprint density at radius 2 is 2.16 bits per heavy atom. The summed E-state index contributed by atoms with van der Waals surface area (Å²) >= 11 is 0. The van der Waals surface area contributed by atoms with Crippen LogP contribution in [0.5, 0.6) is 5.75 Å². The summed E-state index contributed by atoms with van der Waals surface area (Å²) in [5, 5.41) is 10.6. The van der Waals surface area contributed by atoms with Crippen molar-refractivity contribution in [3.63, 3.8) is 0 Å². The molecule has 6 nitrogen and oxygen atoms in total. The van der Waals surface area contributed by atoms with Crippen molar-refractivity contribution in [3.8, 4) is 5.75 Å². The van der Waals surface area contributed by atoms with Crippen LogP contribution in [0.2, 0.25) is 0 Å². The molecule has 1 aromatic heterocycles. The maximum Gasteiger partial charge on any atom is 0.271 e. The molecule has 0 radical (unpaired) electrons. The molecule has 0 spiro atoms. The van der Waals surface area contributed by atoms with E-state index in [1.807, 2.05) is 25.1 Å². The van der Waals surface area contributed by atoms with Crippen molar-refractivity contribution in [1.82, 2.24) is 4.98 Å². The van der Waals surface area contributed by atoms with Gasteiger partial charge in [0.15, 0.2) is 0 Å². The largest absolute Gasteiger partial charge is 0.482 e. The van der Waals surface area contributed by atoms with Gasteiger partial charge >= 0.3 is 0 Å². The van der Waals surface area contributed by atoms with Crippen LogP contribution in [0.15, 0.2) is 42.6 Å². The number of anilines is 1. The van der Waals surface area contributed by atoms with Crippen molar-refractivity contribution in [2.45, 2.75) is 13.0 Å². The third kappa shape index (κ3) is 2.98. The molecule has 0 fully saturated rings. The van der Waals surface area contributed by atoms with E-state index in [0.717, 1.165) is 5.69 Å². The van der Waals surface area contributed by atoms with E-state index in [4.69, 9.17) is 10.5 Å². The maximum absolute atomic E-state index is 10.6. The zero-order valence-electron chi connectivity index (χ0n) is 10.3. The van der Waals surface area contributed by atoms with Gasteiger partial charge in [-0.3, -0.25) is 15.1 Å². The molecule has 0 amide bonds. The summed E-state index contributed by atoms with van der Waals surface area (Å²) in [6.45, 7) is 1.84. The summed E-state index contributed by atoms with van der Waals surface area (Å²) < 4.78 is 5.66. The monoisotopic (exact) mass is 259 g/mol. The smallest absolute Gasteiger partial charge is 0.271 e. The summed E-state index contributed by atoms with van der Waals surface area (Å²) in [5.41, 5.74) is 6.67. The molecular weight excluding hydrogens is 246 g/mol. The lowest BCUT2D eigenvalue weighted by Crippen LogP contribution is -2.06. The molecule has 1 unspecified atom stereocenters. The molecule has 1 atom stereocenters. The van der Waals surface area contributed by atoms with Gasteiger partial charge in [0.1, 0.15) is 11.9 Å². The Labute approximate surface area is 110 Å². The number of non-ortho nitro benzene ring substituents is 1. The Bertz CT molecular complexity index is 587. The average Bonchev–Trinajstić information content (AvgIpc) is 2.41. The van der Waals surface area contributed by atoms with E-state index < -0.39 is 4.92 Å². The van der Waals surface area contributed by atoms with Crippen molar-refractivity contribution < 1.29 is 9.66 Å². The summed E-state index contributed by atoms with van der Waals surface area (Å²) in [6, 6.07) is 9.65. The minimum Gasteiger partial charge on any atom is -0.482 e. The fraction of sp³-hybridized carbons (Fsp3) is 0.154. The first-order chi connectivity index (χ1) is 9.08. The summed E-state index contributed by atoms with van der Waals surface area (Å²) in [4.78, 5) is 14.3. The molecule has 98 valence electrons. The standard InChI is InChI=1S/C13H13N3O3/c1-9(12-4-2-3-7-15-12)19-13-6-5-10(16(17)18)8-11(13)14/h2-9H,14H2,1H3. The van der Waals surface area contributed by atoms with Gasteiger partial charge in [-0.25, -0.2) is 0 Å². The van der Waals surface area contributed by atoms with Gasteiger partial charge in [-0.1, -0.05) is 6.07 Å². The van der Waals surface area contributed by atoms with Crippen LogP contribution in [0.4, 0.5) is 11.4 Å². The molecule has 19 heavy (non-hydrogen) atoms. The first-order valence-electron chi connectivity index (χ1n) is 5.69. The molecule has 6 heteroatoms. The highest BCUT2D eigenvalue weighted by atomic mass is 16.6. The fourth-order valence-corrected chi connectivity index (χ4v) is 1.62. The van der Waals surface area contributed by atoms with Crippen molar-refractivity contribution in [1.29, 1.82) is 0 Å². The molecule has 0 saturated heterocycles. The van der Waals surface area contributed by atoms with Gasteiger partial charge in [0.05, 0.1) is 16.3 Å². The number of hydrogen-bond donors (Lipinski definition) is 1. The van der Waals surface area contributed by atoms with Crippen LogP contribution in [0.3, 0.4) is 0 Å². The van der Waals surface area contributed by atoms with Gasteiger partial charge in [0.2, 0.25) is 0 Å². The normalized spacial score (nSPS) is 11.8. The first-order valence-corrected chi connectivity index (χ1v) is 5.69. The summed E-state index contributed by atoms with van der Waals surface area (Å²) in [7, 11) is 0. The highest BCUT2D eigenvalue weighted by Gasteiger charge is 2.13. The van der Waals surface area contributed by atoms with Gasteiger partial charge in [0.25, 0.3) is 5.69 Å². The molecule has 0 bridgehead atoms. The number of nitro groups is 1. The van der Waals surface area contributed by atoms with Crippen molar-refractivity contribution in [3.05, 3.63) is 58.4 Å². The molecular formula is C13H13N3O3. The van der Waals surface area contributed by atoms with Crippen LogP contribution in [-0.2, 0) is 0 Å². The maximum atomic E-state index is 10.6. The van der Waals surface area contributed by atoms with E-state index in [2.05, 4.69) is 4.98 Å². The number of nitrogens with zero attached hydrogens (tertiary/aromatic N) is 2. The molecule has 2 N–H and O–H groups in total. The average molecular weight is 259 g/mol. The first kappa shape index (κ1) is 12.8. The fourth-order valence-electron chi connectivity index (χ4n) is 1.62. The van der Waals surface area contributed by atoms with Gasteiger partial charge < -0.3 is 10.5 Å². The van der Waals surface area contributed by atoms with Crippen LogP contribution in [-0.4, -0.2) is 9.91 Å². The predicted molar refractivity (Wildman–Crippen MR) is 70.8 cm³/mol. The van der Waals surface area contributed by atoms with E-state index >= 15 is 0 Å². The Morgan fingerprint density at radius 1 is 1.37 bits per heavy atom. The number of nitrogen functional groups attached to an aromatic ring is 1. The second-order valence-electron chi connectivity index (χ2n) is 3.99. The predicted octanol–water partition coefficient (Wildman–Crippen LogP) is 2.71. The molecule has 1 heterocycles. The highest BCUT2D eigenvalue weighted by molar-refractivity contribution is 5.58. The van der Waals surface area contributed by atoms with E-state index in [0.29, 0.717) is 5.75 Å². The van der Waals surface area contributed by atoms with Crippen LogP contribution in [0, 0.1) is 10.1 Å². The van der Waals surface area contributed by atoms with Gasteiger partial charge in [-0.05, 0) is 25.1 Å². The molecule has 1 aromatic carbocycles. The van der Waals surface area contributed by atoms with E-state index in [1.54, 1.807) is 6.20 Å². The number of hydrogen-bond acceptors (Lipinski definition) is 5. The van der Waals surface area contributed by atoms with E-state index in [9.17, 15) is 10.1 Å². The number of pyridine rings is 1. The lowest BCUT2D eigenvalue weighted by molar-refractivity contribution is -0.384. The third-order valence-corrected chi connectivity index (χ3v) is 2.61. The number of rotatable bonds is 4. The second-order valence-corrected chi connectivity index (χ2v) is 3.99. The quantitative estimate of drug-likeness (QED) is 0.517. The van der Waals surface area contributed by atoms with Crippen LogP contribution in [0.1, 0.15) is 18.7 Å². The van der Waals surface area contributed by atoms with Gasteiger partial charge in [0, 0.05) is 18.3 Å². The van der Waals surface area contributed by atoms with Gasteiger partial charge in [-0.15, -0.1) is 0 Å². The number of nitro benzene ring substituents is 1. The summed E-state index contributed by atoms with van der Waals surface area (Å²) in [6.07, 6.45) is 1.39. The van der Waals surface area contributed by atoms with Crippen LogP contribution < -0.4 is 10.5 Å². The van der Waals surface area contributed by atoms with Crippen molar-refractivity contribution in [2.75, 3.05) is 5.73 Å². The number of benzene rings is 1. The minimum atomic E-state index is -0.498. The minimum absolute atomic E-state index is 0.0599.